The number of aromatic nitrogens is 2. The second-order valence-corrected chi connectivity index (χ2v) is 7.05. The number of nitrogens with zero attached hydrogens (tertiary/aromatic N) is 2. The Kier molecular flexibility index (Phi) is 5.17. The van der Waals surface area contributed by atoms with Crippen LogP contribution in [0.5, 0.6) is 11.5 Å². The molecule has 0 unspecified atom stereocenters. The molecule has 0 atom stereocenters. The van der Waals surface area contributed by atoms with Crippen molar-refractivity contribution in [3.8, 4) is 22.9 Å². The van der Waals surface area contributed by atoms with E-state index in [-0.39, 0.29) is 18.5 Å². The molecule has 0 bridgehead atoms. The van der Waals surface area contributed by atoms with Gasteiger partial charge in [0, 0.05) is 22.3 Å². The molecular weight excluding hydrogens is 390 g/mol. The van der Waals surface area contributed by atoms with Crippen LogP contribution >= 0.6 is 23.4 Å². The van der Waals surface area contributed by atoms with E-state index < -0.39 is 0 Å². The second kappa shape index (κ2) is 7.89. The first-order chi connectivity index (χ1) is 13.2. The molecule has 9 heteroatoms. The molecule has 1 aliphatic rings. The van der Waals surface area contributed by atoms with Crippen LogP contribution in [-0.4, -0.2) is 28.6 Å². The van der Waals surface area contributed by atoms with Crippen LogP contribution in [0.15, 0.2) is 47.0 Å². The van der Waals surface area contributed by atoms with Gasteiger partial charge in [0.1, 0.15) is 0 Å². The van der Waals surface area contributed by atoms with Gasteiger partial charge in [0.15, 0.2) is 11.5 Å². The van der Waals surface area contributed by atoms with Gasteiger partial charge in [0.2, 0.25) is 24.4 Å². The number of thioether (sulfide) groups is 1. The summed E-state index contributed by atoms with van der Waals surface area (Å²) in [5.74, 6) is 2.78. The lowest BCUT2D eigenvalue weighted by molar-refractivity contribution is -0.113. The topological polar surface area (TPSA) is 86.5 Å². The van der Waals surface area contributed by atoms with E-state index in [1.807, 2.05) is 12.1 Å². The zero-order valence-electron chi connectivity index (χ0n) is 14.0. The molecule has 0 spiro atoms. The zero-order chi connectivity index (χ0) is 18.6. The minimum absolute atomic E-state index is 0.131. The predicted octanol–water partition coefficient (Wildman–Crippen LogP) is 3.99. The van der Waals surface area contributed by atoms with Gasteiger partial charge >= 0.3 is 0 Å². The third kappa shape index (κ3) is 4.35. The third-order valence-electron chi connectivity index (χ3n) is 3.67. The Balaban J connectivity index is 1.28. The SMILES string of the molecule is O=C(CSCc1nc(-c2cccc(Cl)c2)no1)Nc1ccc2c(c1)OCO2. The summed E-state index contributed by atoms with van der Waals surface area (Å²) in [6.07, 6.45) is 0. The van der Waals surface area contributed by atoms with Crippen LogP contribution in [0.4, 0.5) is 5.69 Å². The lowest BCUT2D eigenvalue weighted by Crippen LogP contribution is -2.14. The largest absolute Gasteiger partial charge is 0.454 e. The van der Waals surface area contributed by atoms with Crippen molar-refractivity contribution in [3.05, 3.63) is 53.4 Å². The van der Waals surface area contributed by atoms with Crippen molar-refractivity contribution in [1.82, 2.24) is 10.1 Å². The molecule has 0 radical (unpaired) electrons. The zero-order valence-corrected chi connectivity index (χ0v) is 15.5. The normalized spacial score (nSPS) is 12.2. The average Bonchev–Trinajstić information content (AvgIpc) is 3.30. The molecule has 0 saturated carbocycles. The summed E-state index contributed by atoms with van der Waals surface area (Å²) < 4.78 is 15.8. The van der Waals surface area contributed by atoms with E-state index in [2.05, 4.69) is 15.5 Å². The van der Waals surface area contributed by atoms with Crippen LogP contribution in [0.1, 0.15) is 5.89 Å². The minimum Gasteiger partial charge on any atom is -0.454 e. The van der Waals surface area contributed by atoms with Crippen molar-refractivity contribution in [3.63, 3.8) is 0 Å². The summed E-state index contributed by atoms with van der Waals surface area (Å²) in [5, 5.41) is 7.37. The standard InChI is InChI=1S/C18H14ClN3O4S/c19-12-3-1-2-11(6-12)18-21-17(26-22-18)9-27-8-16(23)20-13-4-5-14-15(7-13)25-10-24-14/h1-7H,8-10H2,(H,20,23). The number of amides is 1. The number of benzene rings is 2. The monoisotopic (exact) mass is 403 g/mol. The fraction of sp³-hybridized carbons (Fsp3) is 0.167. The molecule has 1 aliphatic heterocycles. The summed E-state index contributed by atoms with van der Waals surface area (Å²) in [7, 11) is 0. The molecule has 138 valence electrons. The average molecular weight is 404 g/mol. The number of carbonyl (C=O) groups excluding carboxylic acids is 1. The Morgan fingerprint density at radius 3 is 2.96 bits per heavy atom. The summed E-state index contributed by atoms with van der Waals surface area (Å²) in [6, 6.07) is 12.5. The lowest BCUT2D eigenvalue weighted by Gasteiger charge is -2.05. The molecule has 1 amide bonds. The Morgan fingerprint density at radius 2 is 2.07 bits per heavy atom. The fourth-order valence-electron chi connectivity index (χ4n) is 2.46. The lowest BCUT2D eigenvalue weighted by atomic mass is 10.2. The first-order valence-electron chi connectivity index (χ1n) is 8.03. The molecule has 1 N–H and O–H groups in total. The van der Waals surface area contributed by atoms with Crippen LogP contribution in [-0.2, 0) is 10.5 Å². The molecule has 27 heavy (non-hydrogen) atoms. The summed E-state index contributed by atoms with van der Waals surface area (Å²) in [4.78, 5) is 16.4. The van der Waals surface area contributed by atoms with Crippen molar-refractivity contribution in [2.75, 3.05) is 17.9 Å². The Hall–Kier alpha value is -2.71. The molecule has 7 nitrogen and oxygen atoms in total. The second-order valence-electron chi connectivity index (χ2n) is 5.63. The van der Waals surface area contributed by atoms with E-state index in [1.54, 1.807) is 30.3 Å². The smallest absolute Gasteiger partial charge is 0.236 e. The van der Waals surface area contributed by atoms with Gasteiger partial charge in [-0.2, -0.15) is 4.98 Å². The Morgan fingerprint density at radius 1 is 1.19 bits per heavy atom. The van der Waals surface area contributed by atoms with E-state index in [1.165, 1.54) is 11.8 Å². The third-order valence-corrected chi connectivity index (χ3v) is 4.82. The maximum Gasteiger partial charge on any atom is 0.236 e. The van der Waals surface area contributed by atoms with Crippen LogP contribution in [0.3, 0.4) is 0 Å². The van der Waals surface area contributed by atoms with Gasteiger partial charge in [0.25, 0.3) is 0 Å². The van der Waals surface area contributed by atoms with E-state index in [4.69, 9.17) is 25.6 Å². The number of nitrogens with one attached hydrogen (secondary N) is 1. The molecule has 3 aromatic rings. The molecule has 0 fully saturated rings. The summed E-state index contributed by atoms with van der Waals surface area (Å²) in [6.45, 7) is 0.198. The molecule has 2 aromatic carbocycles. The minimum atomic E-state index is -0.131. The van der Waals surface area contributed by atoms with Crippen molar-refractivity contribution >= 4 is 35.0 Å². The summed E-state index contributed by atoms with van der Waals surface area (Å²) >= 11 is 7.35. The number of halogens is 1. The molecule has 0 saturated heterocycles. The van der Waals surface area contributed by atoms with E-state index >= 15 is 0 Å². The van der Waals surface area contributed by atoms with Gasteiger partial charge in [-0.3, -0.25) is 4.79 Å². The van der Waals surface area contributed by atoms with Crippen molar-refractivity contribution in [2.24, 2.45) is 0 Å². The van der Waals surface area contributed by atoms with Crippen molar-refractivity contribution in [1.29, 1.82) is 0 Å². The highest BCUT2D eigenvalue weighted by Gasteiger charge is 2.14. The molecule has 4 rings (SSSR count). The maximum atomic E-state index is 12.1. The van der Waals surface area contributed by atoms with Crippen LogP contribution in [0, 0.1) is 0 Å². The molecule has 2 heterocycles. The van der Waals surface area contributed by atoms with Gasteiger partial charge in [-0.05, 0) is 24.3 Å². The number of anilines is 1. The maximum absolute atomic E-state index is 12.1. The molecule has 0 aliphatic carbocycles. The van der Waals surface area contributed by atoms with Crippen LogP contribution in [0.2, 0.25) is 5.02 Å². The highest BCUT2D eigenvalue weighted by atomic mass is 35.5. The quantitative estimate of drug-likeness (QED) is 0.665. The number of rotatable bonds is 6. The Labute approximate surface area is 164 Å². The van der Waals surface area contributed by atoms with Gasteiger partial charge in [0.05, 0.1) is 11.5 Å². The number of fused-ring (bicyclic) bond motifs is 1. The molecular formula is C18H14ClN3O4S. The Bertz CT molecular complexity index is 979. The first-order valence-corrected chi connectivity index (χ1v) is 9.56. The van der Waals surface area contributed by atoms with E-state index in [0.717, 1.165) is 5.56 Å². The van der Waals surface area contributed by atoms with Crippen molar-refractivity contribution < 1.29 is 18.8 Å². The molecule has 1 aromatic heterocycles. The van der Waals surface area contributed by atoms with Crippen molar-refractivity contribution in [2.45, 2.75) is 5.75 Å². The van der Waals surface area contributed by atoms with Crippen LogP contribution < -0.4 is 14.8 Å². The number of ether oxygens (including phenoxy) is 2. The highest BCUT2D eigenvalue weighted by Crippen LogP contribution is 2.34. The summed E-state index contributed by atoms with van der Waals surface area (Å²) in [5.41, 5.74) is 1.44. The predicted molar refractivity (Wildman–Crippen MR) is 102 cm³/mol. The number of hydrogen-bond acceptors (Lipinski definition) is 7. The van der Waals surface area contributed by atoms with E-state index in [0.29, 0.717) is 39.7 Å². The highest BCUT2D eigenvalue weighted by molar-refractivity contribution is 7.99. The van der Waals surface area contributed by atoms with E-state index in [9.17, 15) is 4.79 Å². The number of hydrogen-bond donors (Lipinski definition) is 1. The number of carbonyl (C=O) groups is 1. The fourth-order valence-corrected chi connectivity index (χ4v) is 3.30. The van der Waals surface area contributed by atoms with Gasteiger partial charge in [-0.1, -0.05) is 28.9 Å². The van der Waals surface area contributed by atoms with Crippen LogP contribution in [0.25, 0.3) is 11.4 Å². The van der Waals surface area contributed by atoms with Gasteiger partial charge in [-0.15, -0.1) is 11.8 Å². The van der Waals surface area contributed by atoms with Gasteiger partial charge in [-0.25, -0.2) is 0 Å². The van der Waals surface area contributed by atoms with Gasteiger partial charge < -0.3 is 19.3 Å². The first kappa shape index (κ1) is 17.7.